The van der Waals surface area contributed by atoms with E-state index in [9.17, 15) is 0 Å². The van der Waals surface area contributed by atoms with Crippen molar-refractivity contribution in [3.8, 4) is 6.07 Å². The van der Waals surface area contributed by atoms with Gasteiger partial charge >= 0.3 is 0 Å². The normalized spacial score (nSPS) is 9.50. The van der Waals surface area contributed by atoms with Gasteiger partial charge in [-0.05, 0) is 19.1 Å². The molecule has 4 heteroatoms. The molecule has 2 N–H and O–H groups in total. The predicted molar refractivity (Wildman–Crippen MR) is 55.9 cm³/mol. The number of hydrogen-bond donors (Lipinski definition) is 1. The fraction of sp³-hybridized carbons (Fsp3) is 0.400. The molecule has 1 rings (SSSR count). The smallest absolute Gasteiger partial charge is 0.146 e. The largest absolute Gasteiger partial charge is 0.355 e. The van der Waals surface area contributed by atoms with E-state index in [0.717, 1.165) is 18.9 Å². The van der Waals surface area contributed by atoms with E-state index in [0.29, 0.717) is 12.1 Å². The van der Waals surface area contributed by atoms with Gasteiger partial charge in [0.2, 0.25) is 0 Å². The number of nitriles is 1. The second-order valence-corrected chi connectivity index (χ2v) is 2.85. The highest BCUT2D eigenvalue weighted by Crippen LogP contribution is 2.14. The summed E-state index contributed by atoms with van der Waals surface area (Å²) in [4.78, 5) is 6.19. The zero-order chi connectivity index (χ0) is 10.4. The van der Waals surface area contributed by atoms with Crippen molar-refractivity contribution in [1.82, 2.24) is 4.98 Å². The second kappa shape index (κ2) is 5.20. The Kier molecular flexibility index (Phi) is 3.89. The molecule has 0 unspecified atom stereocenters. The van der Waals surface area contributed by atoms with E-state index in [-0.39, 0.29) is 0 Å². The Morgan fingerprint density at radius 2 is 2.43 bits per heavy atom. The first-order chi connectivity index (χ1) is 6.83. The van der Waals surface area contributed by atoms with Crippen molar-refractivity contribution in [2.45, 2.75) is 6.92 Å². The minimum atomic E-state index is 0.565. The first kappa shape index (κ1) is 10.5. The molecule has 0 radical (unpaired) electrons. The number of nitrogens with zero attached hydrogens (tertiary/aromatic N) is 3. The van der Waals surface area contributed by atoms with Crippen LogP contribution in [0.2, 0.25) is 0 Å². The molecule has 74 valence electrons. The van der Waals surface area contributed by atoms with Crippen LogP contribution < -0.4 is 10.6 Å². The maximum Gasteiger partial charge on any atom is 0.146 e. The Labute approximate surface area is 84.0 Å². The molecule has 0 fully saturated rings. The third-order valence-corrected chi connectivity index (χ3v) is 1.99. The lowest BCUT2D eigenvalue weighted by atomic mass is 10.2. The average molecular weight is 190 g/mol. The molecule has 14 heavy (non-hydrogen) atoms. The second-order valence-electron chi connectivity index (χ2n) is 2.85. The number of rotatable bonds is 4. The van der Waals surface area contributed by atoms with Gasteiger partial charge in [0.1, 0.15) is 11.9 Å². The molecule has 0 aliphatic rings. The van der Waals surface area contributed by atoms with Crippen LogP contribution in [0.4, 0.5) is 5.82 Å². The monoisotopic (exact) mass is 190 g/mol. The van der Waals surface area contributed by atoms with Crippen molar-refractivity contribution < 1.29 is 0 Å². The molecule has 0 aromatic carbocycles. The fourth-order valence-electron chi connectivity index (χ4n) is 1.31. The first-order valence-electron chi connectivity index (χ1n) is 4.63. The number of likely N-dealkylation sites (N-methyl/N-ethyl adjacent to an activating group) is 1. The Morgan fingerprint density at radius 1 is 1.64 bits per heavy atom. The van der Waals surface area contributed by atoms with Crippen LogP contribution in [0.25, 0.3) is 0 Å². The topological polar surface area (TPSA) is 65.9 Å². The minimum absolute atomic E-state index is 0.565. The van der Waals surface area contributed by atoms with Gasteiger partial charge in [0.25, 0.3) is 0 Å². The van der Waals surface area contributed by atoms with Crippen molar-refractivity contribution in [1.29, 1.82) is 5.26 Å². The number of anilines is 1. The Morgan fingerprint density at radius 3 is 3.00 bits per heavy atom. The lowest BCUT2D eigenvalue weighted by molar-refractivity contribution is 0.800. The molecular formula is C10H14N4. The highest BCUT2D eigenvalue weighted by atomic mass is 15.2. The summed E-state index contributed by atoms with van der Waals surface area (Å²) >= 11 is 0. The predicted octanol–water partition coefficient (Wildman–Crippen LogP) is 0.738. The van der Waals surface area contributed by atoms with E-state index in [2.05, 4.69) is 11.1 Å². The lowest BCUT2D eigenvalue weighted by Gasteiger charge is -2.21. The molecule has 0 saturated heterocycles. The van der Waals surface area contributed by atoms with Crippen LogP contribution >= 0.6 is 0 Å². The zero-order valence-corrected chi connectivity index (χ0v) is 8.27. The molecule has 0 amide bonds. The molecule has 1 aromatic rings. The van der Waals surface area contributed by atoms with E-state index in [1.165, 1.54) is 0 Å². The van der Waals surface area contributed by atoms with E-state index in [1.54, 1.807) is 18.3 Å². The molecule has 4 nitrogen and oxygen atoms in total. The van der Waals surface area contributed by atoms with Crippen molar-refractivity contribution in [2.24, 2.45) is 5.73 Å². The van der Waals surface area contributed by atoms with Gasteiger partial charge in [-0.2, -0.15) is 5.26 Å². The molecule has 0 atom stereocenters. The summed E-state index contributed by atoms with van der Waals surface area (Å²) in [5.74, 6) is 0.725. The van der Waals surface area contributed by atoms with Crippen LogP contribution in [0.15, 0.2) is 18.3 Å². The quantitative estimate of drug-likeness (QED) is 0.760. The van der Waals surface area contributed by atoms with Gasteiger partial charge < -0.3 is 10.6 Å². The van der Waals surface area contributed by atoms with Crippen molar-refractivity contribution >= 4 is 5.82 Å². The van der Waals surface area contributed by atoms with Crippen LogP contribution in [-0.2, 0) is 0 Å². The highest BCUT2D eigenvalue weighted by Gasteiger charge is 2.08. The Hall–Kier alpha value is -1.60. The summed E-state index contributed by atoms with van der Waals surface area (Å²) in [7, 11) is 0. The van der Waals surface area contributed by atoms with Crippen LogP contribution in [-0.4, -0.2) is 24.6 Å². The van der Waals surface area contributed by atoms with Gasteiger partial charge in [-0.1, -0.05) is 0 Å². The van der Waals surface area contributed by atoms with Gasteiger partial charge in [0, 0.05) is 25.8 Å². The van der Waals surface area contributed by atoms with Gasteiger partial charge in [-0.15, -0.1) is 0 Å². The number of hydrogen-bond acceptors (Lipinski definition) is 4. The summed E-state index contributed by atoms with van der Waals surface area (Å²) in [5.41, 5.74) is 6.08. The molecule has 0 saturated carbocycles. The first-order valence-corrected chi connectivity index (χ1v) is 4.63. The van der Waals surface area contributed by atoms with Gasteiger partial charge in [0.05, 0.1) is 5.56 Å². The van der Waals surface area contributed by atoms with Crippen molar-refractivity contribution in [3.63, 3.8) is 0 Å². The molecule has 1 aromatic heterocycles. The third-order valence-electron chi connectivity index (χ3n) is 1.99. The minimum Gasteiger partial charge on any atom is -0.355 e. The number of pyridine rings is 1. The summed E-state index contributed by atoms with van der Waals surface area (Å²) < 4.78 is 0. The summed E-state index contributed by atoms with van der Waals surface area (Å²) in [6.07, 6.45) is 1.69. The highest BCUT2D eigenvalue weighted by molar-refractivity contribution is 5.53. The van der Waals surface area contributed by atoms with Crippen LogP contribution in [0.3, 0.4) is 0 Å². The average Bonchev–Trinajstić information content (AvgIpc) is 2.26. The fourth-order valence-corrected chi connectivity index (χ4v) is 1.31. The molecule has 0 aliphatic heterocycles. The van der Waals surface area contributed by atoms with E-state index in [1.807, 2.05) is 11.8 Å². The van der Waals surface area contributed by atoms with Crippen LogP contribution in [0, 0.1) is 11.3 Å². The third kappa shape index (κ3) is 2.21. The summed E-state index contributed by atoms with van der Waals surface area (Å²) in [5, 5.41) is 8.88. The molecule has 0 aliphatic carbocycles. The SMILES string of the molecule is CCN(CCN)c1ncccc1C#N. The standard InChI is InChI=1S/C10H14N4/c1-2-14(7-5-11)10-9(8-12)4-3-6-13-10/h3-4,6H,2,5,7,11H2,1H3. The van der Waals surface area contributed by atoms with E-state index >= 15 is 0 Å². The molecule has 1 heterocycles. The van der Waals surface area contributed by atoms with Gasteiger partial charge in [-0.3, -0.25) is 0 Å². The summed E-state index contributed by atoms with van der Waals surface area (Å²) in [6.45, 7) is 4.12. The van der Waals surface area contributed by atoms with Crippen molar-refractivity contribution in [3.05, 3.63) is 23.9 Å². The van der Waals surface area contributed by atoms with E-state index in [4.69, 9.17) is 11.0 Å². The van der Waals surface area contributed by atoms with Crippen molar-refractivity contribution in [2.75, 3.05) is 24.5 Å². The van der Waals surface area contributed by atoms with Crippen LogP contribution in [0.1, 0.15) is 12.5 Å². The maximum absolute atomic E-state index is 8.88. The number of aromatic nitrogens is 1. The Balaban J connectivity index is 2.97. The molecule has 0 bridgehead atoms. The zero-order valence-electron chi connectivity index (χ0n) is 8.27. The van der Waals surface area contributed by atoms with E-state index < -0.39 is 0 Å². The van der Waals surface area contributed by atoms with Crippen LogP contribution in [0.5, 0.6) is 0 Å². The van der Waals surface area contributed by atoms with Gasteiger partial charge in [0.15, 0.2) is 0 Å². The maximum atomic E-state index is 8.88. The lowest BCUT2D eigenvalue weighted by Crippen LogP contribution is -2.30. The molecular weight excluding hydrogens is 176 g/mol. The van der Waals surface area contributed by atoms with Gasteiger partial charge in [-0.25, -0.2) is 4.98 Å². The molecule has 0 spiro atoms. The number of nitrogens with two attached hydrogens (primary N) is 1. The summed E-state index contributed by atoms with van der Waals surface area (Å²) in [6, 6.07) is 5.65. The Bertz CT molecular complexity index is 329.